The lowest BCUT2D eigenvalue weighted by atomic mass is 9.94. The highest BCUT2D eigenvalue weighted by molar-refractivity contribution is 7.80. The highest BCUT2D eigenvalue weighted by Crippen LogP contribution is 2.28. The van der Waals surface area contributed by atoms with E-state index in [4.69, 9.17) is 12.6 Å². The third-order valence-electron chi connectivity index (χ3n) is 4.58. The maximum absolute atomic E-state index is 4.74. The molecule has 0 aromatic rings. The Labute approximate surface area is 118 Å². The zero-order valence-corrected chi connectivity index (χ0v) is 12.8. The van der Waals surface area contributed by atoms with E-state index < -0.39 is 0 Å². The summed E-state index contributed by atoms with van der Waals surface area (Å²) < 4.78 is 0. The highest BCUT2D eigenvalue weighted by atomic mass is 32.1. The van der Waals surface area contributed by atoms with Gasteiger partial charge in [-0.1, -0.05) is 51.9 Å². The summed E-state index contributed by atoms with van der Waals surface area (Å²) in [4.78, 5) is 2.62. The summed E-state index contributed by atoms with van der Waals surface area (Å²) in [5.74, 6) is 0. The Kier molecular flexibility index (Phi) is 6.33. The van der Waals surface area contributed by atoms with Gasteiger partial charge in [0.05, 0.1) is 0 Å². The molecule has 3 heteroatoms. The van der Waals surface area contributed by atoms with Crippen molar-refractivity contribution in [2.45, 2.75) is 88.7 Å². The second-order valence-corrected chi connectivity index (χ2v) is 6.56. The van der Waals surface area contributed by atoms with E-state index in [0.717, 1.165) is 6.04 Å². The van der Waals surface area contributed by atoms with Gasteiger partial charge in [0, 0.05) is 18.6 Å². The topological polar surface area (TPSA) is 15.3 Å². The minimum absolute atomic E-state index is 0.310. The van der Waals surface area contributed by atoms with Crippen molar-refractivity contribution in [3.8, 4) is 0 Å². The maximum atomic E-state index is 4.74. The fraction of sp³-hybridized carbons (Fsp3) is 1.00. The minimum Gasteiger partial charge on any atom is -0.289 e. The molecule has 18 heavy (non-hydrogen) atoms. The first-order chi connectivity index (χ1) is 8.81. The SMILES string of the molecule is CCCCCCC1CN(C2CCCCC2)C(S)N1. The van der Waals surface area contributed by atoms with Gasteiger partial charge in [-0.3, -0.25) is 10.2 Å². The molecule has 2 unspecified atom stereocenters. The van der Waals surface area contributed by atoms with Gasteiger partial charge in [0.1, 0.15) is 5.50 Å². The molecule has 2 atom stereocenters. The third-order valence-corrected chi connectivity index (χ3v) is 5.03. The number of thiol groups is 1. The minimum atomic E-state index is 0.310. The van der Waals surface area contributed by atoms with Crippen LogP contribution in [0.4, 0.5) is 0 Å². The van der Waals surface area contributed by atoms with Crippen LogP contribution in [-0.4, -0.2) is 29.0 Å². The predicted octanol–water partition coefficient (Wildman–Crippen LogP) is 3.78. The summed E-state index contributed by atoms with van der Waals surface area (Å²) >= 11 is 4.74. The molecular formula is C15H30N2S. The van der Waals surface area contributed by atoms with E-state index in [2.05, 4.69) is 17.1 Å². The zero-order chi connectivity index (χ0) is 12.8. The molecule has 0 amide bonds. The number of nitrogens with zero attached hydrogens (tertiary/aromatic N) is 1. The fourth-order valence-electron chi connectivity index (χ4n) is 3.47. The number of unbranched alkanes of at least 4 members (excludes halogenated alkanes) is 3. The molecule has 2 aliphatic rings. The molecule has 2 rings (SSSR count). The van der Waals surface area contributed by atoms with Crippen molar-refractivity contribution < 1.29 is 0 Å². The van der Waals surface area contributed by atoms with Gasteiger partial charge < -0.3 is 0 Å². The fourth-order valence-corrected chi connectivity index (χ4v) is 3.96. The lowest BCUT2D eigenvalue weighted by Crippen LogP contribution is -2.40. The van der Waals surface area contributed by atoms with E-state index in [1.165, 1.54) is 70.8 Å². The Morgan fingerprint density at radius 3 is 2.61 bits per heavy atom. The number of rotatable bonds is 6. The van der Waals surface area contributed by atoms with E-state index in [1.807, 2.05) is 0 Å². The van der Waals surface area contributed by atoms with Crippen LogP contribution in [0, 0.1) is 0 Å². The van der Waals surface area contributed by atoms with Crippen LogP contribution >= 0.6 is 12.6 Å². The molecular weight excluding hydrogens is 240 g/mol. The van der Waals surface area contributed by atoms with Crippen molar-refractivity contribution in [1.82, 2.24) is 10.2 Å². The van der Waals surface area contributed by atoms with E-state index in [-0.39, 0.29) is 0 Å². The van der Waals surface area contributed by atoms with E-state index >= 15 is 0 Å². The molecule has 1 aliphatic heterocycles. The van der Waals surface area contributed by atoms with Crippen molar-refractivity contribution in [2.24, 2.45) is 0 Å². The second-order valence-electron chi connectivity index (χ2n) is 6.08. The van der Waals surface area contributed by atoms with Crippen molar-refractivity contribution in [2.75, 3.05) is 6.54 Å². The van der Waals surface area contributed by atoms with Gasteiger partial charge in [-0.05, 0) is 19.3 Å². The molecule has 2 nitrogen and oxygen atoms in total. The second kappa shape index (κ2) is 7.76. The van der Waals surface area contributed by atoms with Crippen molar-refractivity contribution >= 4 is 12.6 Å². The molecule has 1 heterocycles. The van der Waals surface area contributed by atoms with Crippen LogP contribution in [0.2, 0.25) is 0 Å². The van der Waals surface area contributed by atoms with E-state index in [1.54, 1.807) is 0 Å². The van der Waals surface area contributed by atoms with Gasteiger partial charge in [0.15, 0.2) is 0 Å². The molecule has 2 fully saturated rings. The normalized spacial score (nSPS) is 31.0. The molecule has 0 radical (unpaired) electrons. The Balaban J connectivity index is 1.70. The zero-order valence-electron chi connectivity index (χ0n) is 11.9. The lowest BCUT2D eigenvalue weighted by Gasteiger charge is -2.33. The van der Waals surface area contributed by atoms with Crippen LogP contribution in [0.3, 0.4) is 0 Å². The van der Waals surface area contributed by atoms with Crippen molar-refractivity contribution in [1.29, 1.82) is 0 Å². The molecule has 1 saturated heterocycles. The number of nitrogens with one attached hydrogen (secondary N) is 1. The van der Waals surface area contributed by atoms with Crippen LogP contribution in [0.15, 0.2) is 0 Å². The summed E-state index contributed by atoms with van der Waals surface area (Å²) in [6, 6.07) is 1.49. The van der Waals surface area contributed by atoms with Gasteiger partial charge in [-0.2, -0.15) is 0 Å². The summed E-state index contributed by atoms with van der Waals surface area (Å²) in [5.41, 5.74) is 0.310. The average molecular weight is 270 g/mol. The summed E-state index contributed by atoms with van der Waals surface area (Å²) in [6.07, 6.45) is 13.9. The maximum Gasteiger partial charge on any atom is 0.106 e. The first kappa shape index (κ1) is 14.7. The largest absolute Gasteiger partial charge is 0.289 e. The van der Waals surface area contributed by atoms with E-state index in [0.29, 0.717) is 11.5 Å². The predicted molar refractivity (Wildman–Crippen MR) is 82.0 cm³/mol. The van der Waals surface area contributed by atoms with Crippen LogP contribution < -0.4 is 5.32 Å². The number of hydrogen-bond donors (Lipinski definition) is 2. The molecule has 1 aliphatic carbocycles. The first-order valence-electron chi connectivity index (χ1n) is 8.01. The number of hydrogen-bond acceptors (Lipinski definition) is 3. The Morgan fingerprint density at radius 2 is 1.89 bits per heavy atom. The molecule has 0 spiro atoms. The smallest absolute Gasteiger partial charge is 0.106 e. The van der Waals surface area contributed by atoms with Gasteiger partial charge in [-0.15, -0.1) is 12.6 Å². The van der Waals surface area contributed by atoms with E-state index in [9.17, 15) is 0 Å². The average Bonchev–Trinajstić information content (AvgIpc) is 2.77. The van der Waals surface area contributed by atoms with Gasteiger partial charge in [0.2, 0.25) is 0 Å². The highest BCUT2D eigenvalue weighted by Gasteiger charge is 2.33. The molecule has 106 valence electrons. The van der Waals surface area contributed by atoms with Crippen LogP contribution in [-0.2, 0) is 0 Å². The monoisotopic (exact) mass is 270 g/mol. The molecule has 0 aromatic carbocycles. The van der Waals surface area contributed by atoms with Gasteiger partial charge in [-0.25, -0.2) is 0 Å². The van der Waals surface area contributed by atoms with Crippen molar-refractivity contribution in [3.05, 3.63) is 0 Å². The molecule has 0 aromatic heterocycles. The lowest BCUT2D eigenvalue weighted by molar-refractivity contribution is 0.174. The van der Waals surface area contributed by atoms with Gasteiger partial charge >= 0.3 is 0 Å². The van der Waals surface area contributed by atoms with Crippen LogP contribution in [0.5, 0.6) is 0 Å². The van der Waals surface area contributed by atoms with Crippen LogP contribution in [0.1, 0.15) is 71.1 Å². The summed E-state index contributed by atoms with van der Waals surface area (Å²) in [5, 5.41) is 3.67. The van der Waals surface area contributed by atoms with Gasteiger partial charge in [0.25, 0.3) is 0 Å². The third kappa shape index (κ3) is 4.14. The Hall–Kier alpha value is 0.270. The Morgan fingerprint density at radius 1 is 1.11 bits per heavy atom. The Bertz CT molecular complexity index is 229. The quantitative estimate of drug-likeness (QED) is 0.564. The summed E-state index contributed by atoms with van der Waals surface area (Å²) in [6.45, 7) is 3.51. The summed E-state index contributed by atoms with van der Waals surface area (Å²) in [7, 11) is 0. The van der Waals surface area contributed by atoms with Crippen LogP contribution in [0.25, 0.3) is 0 Å². The molecule has 0 bridgehead atoms. The molecule has 1 saturated carbocycles. The first-order valence-corrected chi connectivity index (χ1v) is 8.52. The molecule has 1 N–H and O–H groups in total. The van der Waals surface area contributed by atoms with Crippen molar-refractivity contribution in [3.63, 3.8) is 0 Å². The standard InChI is InChI=1S/C15H30N2S/c1-2-3-4-6-9-13-12-17(15(18)16-13)14-10-7-5-8-11-14/h13-16,18H,2-12H2,1H3.